The van der Waals surface area contributed by atoms with Crippen LogP contribution >= 0.6 is 27.7 Å². The number of rotatable bonds is 5. The molecule has 0 radical (unpaired) electrons. The quantitative estimate of drug-likeness (QED) is 0.478. The lowest BCUT2D eigenvalue weighted by Gasteiger charge is -2.02. The molecule has 3 rings (SSSR count). The SMILES string of the molecule is Cc1ccc(CSc2nncn2/N=C\c2ccc(Br)cc2)cc1. The zero-order valence-corrected chi connectivity index (χ0v) is 15.0. The van der Waals surface area contributed by atoms with Gasteiger partial charge in [-0.1, -0.05) is 69.7 Å². The van der Waals surface area contributed by atoms with Gasteiger partial charge in [0.2, 0.25) is 5.16 Å². The Hall–Kier alpha value is -1.92. The highest BCUT2D eigenvalue weighted by Crippen LogP contribution is 2.20. The minimum atomic E-state index is 0.777. The summed E-state index contributed by atoms with van der Waals surface area (Å²) in [6.07, 6.45) is 3.42. The van der Waals surface area contributed by atoms with Crippen LogP contribution in [-0.2, 0) is 5.75 Å². The number of hydrogen-bond acceptors (Lipinski definition) is 4. The number of nitrogens with zero attached hydrogens (tertiary/aromatic N) is 4. The van der Waals surface area contributed by atoms with Crippen LogP contribution in [0, 0.1) is 6.92 Å². The zero-order valence-electron chi connectivity index (χ0n) is 12.6. The summed E-state index contributed by atoms with van der Waals surface area (Å²) in [5.41, 5.74) is 3.55. The van der Waals surface area contributed by atoms with Crippen molar-refractivity contribution in [3.8, 4) is 0 Å². The van der Waals surface area contributed by atoms with Gasteiger partial charge in [0, 0.05) is 10.2 Å². The Labute approximate surface area is 147 Å². The van der Waals surface area contributed by atoms with Gasteiger partial charge in [-0.2, -0.15) is 9.78 Å². The van der Waals surface area contributed by atoms with Crippen molar-refractivity contribution in [3.63, 3.8) is 0 Å². The van der Waals surface area contributed by atoms with E-state index in [0.29, 0.717) is 0 Å². The molecule has 23 heavy (non-hydrogen) atoms. The highest BCUT2D eigenvalue weighted by molar-refractivity contribution is 9.10. The van der Waals surface area contributed by atoms with Gasteiger partial charge in [0.25, 0.3) is 0 Å². The first kappa shape index (κ1) is 16.0. The highest BCUT2D eigenvalue weighted by Gasteiger charge is 2.04. The Morgan fingerprint density at radius 3 is 2.61 bits per heavy atom. The molecule has 0 aliphatic heterocycles. The first-order valence-electron chi connectivity index (χ1n) is 7.09. The van der Waals surface area contributed by atoms with E-state index in [1.807, 2.05) is 24.3 Å². The van der Waals surface area contributed by atoms with Gasteiger partial charge in [0.05, 0.1) is 6.21 Å². The Balaban J connectivity index is 1.67. The van der Waals surface area contributed by atoms with Gasteiger partial charge in [0.15, 0.2) is 0 Å². The second-order valence-corrected chi connectivity index (χ2v) is 6.89. The van der Waals surface area contributed by atoms with E-state index in [2.05, 4.69) is 62.4 Å². The van der Waals surface area contributed by atoms with Crippen LogP contribution in [0.1, 0.15) is 16.7 Å². The molecule has 0 aliphatic carbocycles. The van der Waals surface area contributed by atoms with Gasteiger partial charge in [-0.05, 0) is 30.2 Å². The third-order valence-electron chi connectivity index (χ3n) is 3.19. The summed E-state index contributed by atoms with van der Waals surface area (Å²) in [6, 6.07) is 16.5. The van der Waals surface area contributed by atoms with Crippen molar-refractivity contribution in [3.05, 3.63) is 76.0 Å². The molecule has 0 amide bonds. The first-order chi connectivity index (χ1) is 11.2. The van der Waals surface area contributed by atoms with Gasteiger partial charge in [-0.15, -0.1) is 10.2 Å². The zero-order chi connectivity index (χ0) is 16.1. The second kappa shape index (κ2) is 7.57. The van der Waals surface area contributed by atoms with E-state index in [0.717, 1.165) is 20.9 Å². The molecule has 2 aromatic carbocycles. The lowest BCUT2D eigenvalue weighted by molar-refractivity contribution is 0.767. The smallest absolute Gasteiger partial charge is 0.195 e. The molecule has 0 saturated carbocycles. The fourth-order valence-electron chi connectivity index (χ4n) is 1.90. The van der Waals surface area contributed by atoms with Crippen LogP contribution in [0.4, 0.5) is 0 Å². The summed E-state index contributed by atoms with van der Waals surface area (Å²) in [6.45, 7) is 2.09. The van der Waals surface area contributed by atoms with E-state index >= 15 is 0 Å². The first-order valence-corrected chi connectivity index (χ1v) is 8.87. The van der Waals surface area contributed by atoms with Crippen molar-refractivity contribution >= 4 is 33.9 Å². The van der Waals surface area contributed by atoms with E-state index in [-0.39, 0.29) is 0 Å². The number of aryl methyl sites for hydroxylation is 1. The summed E-state index contributed by atoms with van der Waals surface area (Å²) < 4.78 is 2.74. The van der Waals surface area contributed by atoms with Crippen LogP contribution in [0.25, 0.3) is 0 Å². The molecule has 0 fully saturated rings. The Kier molecular flexibility index (Phi) is 5.25. The van der Waals surface area contributed by atoms with Gasteiger partial charge in [-0.25, -0.2) is 0 Å². The van der Waals surface area contributed by atoms with Crippen LogP contribution in [0.15, 0.2) is 69.6 Å². The summed E-state index contributed by atoms with van der Waals surface area (Å²) in [5.74, 6) is 0.840. The van der Waals surface area contributed by atoms with E-state index in [9.17, 15) is 0 Å². The molecule has 0 atom stereocenters. The lowest BCUT2D eigenvalue weighted by Crippen LogP contribution is -1.92. The van der Waals surface area contributed by atoms with Crippen molar-refractivity contribution in [2.75, 3.05) is 0 Å². The topological polar surface area (TPSA) is 43.1 Å². The molecule has 0 unspecified atom stereocenters. The molecule has 0 spiro atoms. The standard InChI is InChI=1S/C17H15BrN4S/c1-13-2-4-15(5-3-13)11-23-17-21-19-12-22(17)20-10-14-6-8-16(18)9-7-14/h2-10,12H,11H2,1H3/b20-10-. The van der Waals surface area contributed by atoms with Crippen molar-refractivity contribution in [1.29, 1.82) is 0 Å². The van der Waals surface area contributed by atoms with Crippen LogP contribution in [0.2, 0.25) is 0 Å². The Bertz CT molecular complexity index is 794. The maximum Gasteiger partial charge on any atom is 0.212 e. The summed E-state index contributed by atoms with van der Waals surface area (Å²) in [5, 5.41) is 13.3. The fraction of sp³-hybridized carbons (Fsp3) is 0.118. The van der Waals surface area contributed by atoms with Crippen LogP contribution in [0.3, 0.4) is 0 Å². The maximum atomic E-state index is 4.42. The van der Waals surface area contributed by atoms with E-state index in [1.165, 1.54) is 11.1 Å². The molecule has 1 aromatic heterocycles. The monoisotopic (exact) mass is 386 g/mol. The van der Waals surface area contributed by atoms with E-state index in [1.54, 1.807) is 29.0 Å². The van der Waals surface area contributed by atoms with Crippen molar-refractivity contribution in [2.45, 2.75) is 17.8 Å². The number of halogens is 1. The molecular weight excluding hydrogens is 372 g/mol. The molecule has 0 aliphatic rings. The minimum absolute atomic E-state index is 0.777. The molecule has 1 heterocycles. The van der Waals surface area contributed by atoms with Gasteiger partial charge < -0.3 is 0 Å². The van der Waals surface area contributed by atoms with Gasteiger partial charge in [-0.3, -0.25) is 0 Å². The maximum absolute atomic E-state index is 4.42. The van der Waals surface area contributed by atoms with Crippen molar-refractivity contribution < 1.29 is 0 Å². The average Bonchev–Trinajstić information content (AvgIpc) is 3.01. The molecule has 0 saturated heterocycles. The van der Waals surface area contributed by atoms with Crippen molar-refractivity contribution in [2.24, 2.45) is 5.10 Å². The van der Waals surface area contributed by atoms with E-state index in [4.69, 9.17) is 0 Å². The van der Waals surface area contributed by atoms with Crippen LogP contribution < -0.4 is 0 Å². The molecule has 0 N–H and O–H groups in total. The largest absolute Gasteiger partial charge is 0.212 e. The lowest BCUT2D eigenvalue weighted by atomic mass is 10.2. The molecular formula is C17H15BrN4S. The van der Waals surface area contributed by atoms with Gasteiger partial charge in [0.1, 0.15) is 6.33 Å². The third kappa shape index (κ3) is 4.53. The average molecular weight is 387 g/mol. The Morgan fingerprint density at radius 1 is 1.13 bits per heavy atom. The summed E-state index contributed by atoms with van der Waals surface area (Å²) in [4.78, 5) is 0. The summed E-state index contributed by atoms with van der Waals surface area (Å²) >= 11 is 5.04. The predicted molar refractivity (Wildman–Crippen MR) is 97.9 cm³/mol. The molecule has 3 aromatic rings. The number of benzene rings is 2. The second-order valence-electron chi connectivity index (χ2n) is 5.03. The molecule has 6 heteroatoms. The molecule has 0 bridgehead atoms. The Morgan fingerprint density at radius 2 is 1.87 bits per heavy atom. The normalized spacial score (nSPS) is 11.2. The van der Waals surface area contributed by atoms with Crippen LogP contribution in [-0.4, -0.2) is 21.1 Å². The van der Waals surface area contributed by atoms with Gasteiger partial charge >= 0.3 is 0 Å². The minimum Gasteiger partial charge on any atom is -0.195 e. The number of aromatic nitrogens is 3. The van der Waals surface area contributed by atoms with E-state index < -0.39 is 0 Å². The molecule has 116 valence electrons. The fourth-order valence-corrected chi connectivity index (χ4v) is 2.99. The van der Waals surface area contributed by atoms with Crippen molar-refractivity contribution in [1.82, 2.24) is 14.9 Å². The summed E-state index contributed by atoms with van der Waals surface area (Å²) in [7, 11) is 0. The number of hydrogen-bond donors (Lipinski definition) is 0. The highest BCUT2D eigenvalue weighted by atomic mass is 79.9. The number of thioether (sulfide) groups is 1. The molecule has 4 nitrogen and oxygen atoms in total. The predicted octanol–water partition coefficient (Wildman–Crippen LogP) is 4.52. The third-order valence-corrected chi connectivity index (χ3v) is 4.72. The van der Waals surface area contributed by atoms with Crippen LogP contribution in [0.5, 0.6) is 0 Å².